The van der Waals surface area contributed by atoms with Crippen molar-refractivity contribution in [3.8, 4) is 0 Å². The van der Waals surface area contributed by atoms with Gasteiger partial charge < -0.3 is 15.0 Å². The minimum atomic E-state index is -0.801. The summed E-state index contributed by atoms with van der Waals surface area (Å²) >= 11 is 0. The summed E-state index contributed by atoms with van der Waals surface area (Å²) in [5, 5.41) is 2.63. The van der Waals surface area contributed by atoms with Crippen LogP contribution in [-0.4, -0.2) is 66.9 Å². The van der Waals surface area contributed by atoms with Gasteiger partial charge in [0.15, 0.2) is 6.61 Å². The van der Waals surface area contributed by atoms with Crippen LogP contribution in [0.2, 0.25) is 0 Å². The smallest absolute Gasteiger partial charge is 0.327 e. The van der Waals surface area contributed by atoms with Gasteiger partial charge in [-0.1, -0.05) is 30.3 Å². The molecule has 0 aliphatic carbocycles. The summed E-state index contributed by atoms with van der Waals surface area (Å²) in [4.78, 5) is 48.4. The van der Waals surface area contributed by atoms with E-state index in [2.05, 4.69) is 5.32 Å². The predicted octanol–water partition coefficient (Wildman–Crippen LogP) is -0.217. The monoisotopic (exact) mass is 333 g/mol. The quantitative estimate of drug-likeness (QED) is 0.550. The Morgan fingerprint density at radius 3 is 2.54 bits per heavy atom. The molecule has 1 fully saturated rings. The van der Waals surface area contributed by atoms with E-state index in [-0.39, 0.29) is 6.54 Å². The summed E-state index contributed by atoms with van der Waals surface area (Å²) in [7, 11) is 1.46. The Morgan fingerprint density at radius 2 is 1.92 bits per heavy atom. The van der Waals surface area contributed by atoms with Crippen LogP contribution in [0.5, 0.6) is 0 Å². The van der Waals surface area contributed by atoms with Gasteiger partial charge in [-0.05, 0) is 12.0 Å². The highest BCUT2D eigenvalue weighted by Gasteiger charge is 2.35. The number of rotatable bonds is 7. The Morgan fingerprint density at radius 1 is 1.21 bits per heavy atom. The number of esters is 1. The van der Waals surface area contributed by atoms with E-state index in [0.29, 0.717) is 13.0 Å². The molecule has 0 aromatic heterocycles. The largest absolute Gasteiger partial charge is 0.454 e. The Bertz CT molecular complexity index is 632. The lowest BCUT2D eigenvalue weighted by Gasteiger charge is -2.13. The molecule has 0 spiro atoms. The minimum Gasteiger partial charge on any atom is -0.454 e. The molecule has 1 aliphatic heterocycles. The summed E-state index contributed by atoms with van der Waals surface area (Å²) in [6, 6.07) is 9.09. The van der Waals surface area contributed by atoms with Crippen LogP contribution in [0.25, 0.3) is 0 Å². The van der Waals surface area contributed by atoms with Crippen molar-refractivity contribution in [2.75, 3.05) is 33.3 Å². The van der Waals surface area contributed by atoms with Gasteiger partial charge >= 0.3 is 12.0 Å². The number of hydrogen-bond acceptors (Lipinski definition) is 5. The van der Waals surface area contributed by atoms with Crippen LogP contribution in [0.1, 0.15) is 5.56 Å². The Balaban J connectivity index is 1.65. The van der Waals surface area contributed by atoms with Crippen LogP contribution in [0.4, 0.5) is 4.79 Å². The minimum absolute atomic E-state index is 0.0634. The third-order valence-corrected chi connectivity index (χ3v) is 3.46. The predicted molar refractivity (Wildman–Crippen MR) is 83.9 cm³/mol. The van der Waals surface area contributed by atoms with Crippen LogP contribution in [0, 0.1) is 0 Å². The molecule has 0 unspecified atom stereocenters. The molecule has 2 rings (SSSR count). The van der Waals surface area contributed by atoms with E-state index >= 15 is 0 Å². The molecule has 8 nitrogen and oxygen atoms in total. The van der Waals surface area contributed by atoms with Gasteiger partial charge in [0.2, 0.25) is 0 Å². The normalized spacial score (nSPS) is 14.0. The number of ether oxygens (including phenoxy) is 1. The number of nitrogens with one attached hydrogen (secondary N) is 1. The maximum atomic E-state index is 11.6. The van der Waals surface area contributed by atoms with Gasteiger partial charge in [0, 0.05) is 13.6 Å². The third kappa shape index (κ3) is 4.80. The second kappa shape index (κ2) is 8.09. The molecule has 1 aromatic rings. The highest BCUT2D eigenvalue weighted by molar-refractivity contribution is 6.04. The molecular formula is C16H19N3O5. The zero-order valence-corrected chi connectivity index (χ0v) is 13.4. The van der Waals surface area contributed by atoms with Crippen LogP contribution in [0.15, 0.2) is 30.3 Å². The lowest BCUT2D eigenvalue weighted by molar-refractivity contribution is -0.150. The van der Waals surface area contributed by atoms with Crippen molar-refractivity contribution < 1.29 is 23.9 Å². The molecule has 4 amide bonds. The average molecular weight is 333 g/mol. The zero-order valence-electron chi connectivity index (χ0n) is 13.4. The first-order valence-corrected chi connectivity index (χ1v) is 7.49. The summed E-state index contributed by atoms with van der Waals surface area (Å²) in [6.45, 7) is -0.570. The lowest BCUT2D eigenvalue weighted by Crippen LogP contribution is -2.38. The Labute approximate surface area is 139 Å². The standard InChI is InChI=1S/C16H19N3O5/c1-18-9-14(21)19(16(18)23)10-15(22)24-11-13(20)17-8-7-12-5-3-2-4-6-12/h2-6H,7-11H2,1H3,(H,17,20). The van der Waals surface area contributed by atoms with Gasteiger partial charge in [0.25, 0.3) is 11.8 Å². The number of likely N-dealkylation sites (N-methyl/N-ethyl adjacent to an activating group) is 1. The van der Waals surface area contributed by atoms with Gasteiger partial charge in [-0.15, -0.1) is 0 Å². The maximum absolute atomic E-state index is 11.6. The van der Waals surface area contributed by atoms with Gasteiger partial charge in [-0.25, -0.2) is 4.79 Å². The molecular weight excluding hydrogens is 314 g/mol. The van der Waals surface area contributed by atoms with Crippen molar-refractivity contribution >= 4 is 23.8 Å². The number of benzene rings is 1. The number of urea groups is 1. The molecule has 8 heteroatoms. The fourth-order valence-electron chi connectivity index (χ4n) is 2.19. The fraction of sp³-hybridized carbons (Fsp3) is 0.375. The summed E-state index contributed by atoms with van der Waals surface area (Å²) in [5.41, 5.74) is 1.09. The highest BCUT2D eigenvalue weighted by atomic mass is 16.5. The Hall–Kier alpha value is -2.90. The van der Waals surface area contributed by atoms with E-state index in [1.807, 2.05) is 30.3 Å². The number of carbonyl (C=O) groups excluding carboxylic acids is 4. The SMILES string of the molecule is CN1CC(=O)N(CC(=O)OCC(=O)NCCc2ccccc2)C1=O. The molecule has 0 saturated carbocycles. The van der Waals surface area contributed by atoms with Crippen LogP contribution >= 0.6 is 0 Å². The first-order chi connectivity index (χ1) is 11.5. The van der Waals surface area contributed by atoms with Crippen molar-refractivity contribution in [1.82, 2.24) is 15.1 Å². The van der Waals surface area contributed by atoms with Gasteiger partial charge in [0.05, 0.1) is 0 Å². The molecule has 24 heavy (non-hydrogen) atoms. The maximum Gasteiger partial charge on any atom is 0.327 e. The van der Waals surface area contributed by atoms with Crippen molar-refractivity contribution in [3.05, 3.63) is 35.9 Å². The van der Waals surface area contributed by atoms with Crippen molar-refractivity contribution in [2.24, 2.45) is 0 Å². The average Bonchev–Trinajstić information content (AvgIpc) is 2.80. The van der Waals surface area contributed by atoms with Crippen LogP contribution in [-0.2, 0) is 25.5 Å². The van der Waals surface area contributed by atoms with Crippen molar-refractivity contribution in [2.45, 2.75) is 6.42 Å². The molecule has 1 aliphatic rings. The Kier molecular flexibility index (Phi) is 5.89. The third-order valence-electron chi connectivity index (χ3n) is 3.46. The molecule has 0 atom stereocenters. The summed E-state index contributed by atoms with van der Waals surface area (Å²) in [5.74, 6) is -1.70. The number of nitrogens with zero attached hydrogens (tertiary/aromatic N) is 2. The van der Waals surface area contributed by atoms with Crippen LogP contribution in [0.3, 0.4) is 0 Å². The van der Waals surface area contributed by atoms with E-state index in [1.165, 1.54) is 11.9 Å². The number of amides is 4. The zero-order chi connectivity index (χ0) is 17.5. The summed E-state index contributed by atoms with van der Waals surface area (Å²) in [6.07, 6.45) is 0.670. The summed E-state index contributed by atoms with van der Waals surface area (Å²) < 4.78 is 4.78. The highest BCUT2D eigenvalue weighted by Crippen LogP contribution is 2.07. The van der Waals surface area contributed by atoms with E-state index in [1.54, 1.807) is 0 Å². The number of carbonyl (C=O) groups is 4. The number of hydrogen-bond donors (Lipinski definition) is 1. The second-order valence-corrected chi connectivity index (χ2v) is 5.36. The van der Waals surface area contributed by atoms with Gasteiger partial charge in [-0.3, -0.25) is 19.3 Å². The van der Waals surface area contributed by atoms with Gasteiger partial charge in [0.1, 0.15) is 13.1 Å². The molecule has 1 heterocycles. The fourth-order valence-corrected chi connectivity index (χ4v) is 2.19. The van der Waals surface area contributed by atoms with Crippen molar-refractivity contribution in [1.29, 1.82) is 0 Å². The molecule has 1 N–H and O–H groups in total. The molecule has 0 radical (unpaired) electrons. The van der Waals surface area contributed by atoms with Crippen molar-refractivity contribution in [3.63, 3.8) is 0 Å². The molecule has 1 aromatic carbocycles. The second-order valence-electron chi connectivity index (χ2n) is 5.36. The van der Waals surface area contributed by atoms with Crippen LogP contribution < -0.4 is 5.32 Å². The van der Waals surface area contributed by atoms with Gasteiger partial charge in [-0.2, -0.15) is 0 Å². The van der Waals surface area contributed by atoms with E-state index in [0.717, 1.165) is 10.5 Å². The molecule has 1 saturated heterocycles. The van der Waals surface area contributed by atoms with E-state index < -0.39 is 37.0 Å². The van der Waals surface area contributed by atoms with E-state index in [9.17, 15) is 19.2 Å². The molecule has 0 bridgehead atoms. The topological polar surface area (TPSA) is 96.0 Å². The van der Waals surface area contributed by atoms with E-state index in [4.69, 9.17) is 4.74 Å². The first-order valence-electron chi connectivity index (χ1n) is 7.49. The molecule has 128 valence electrons. The number of imide groups is 1. The first kappa shape index (κ1) is 17.5. The lowest BCUT2D eigenvalue weighted by atomic mass is 10.1.